The first kappa shape index (κ1) is 29.6. The number of halogens is 1. The van der Waals surface area contributed by atoms with Gasteiger partial charge in [-0.05, 0) is 87.7 Å². The number of carbonyl (C=O) groups excluding carboxylic acids is 1. The van der Waals surface area contributed by atoms with Gasteiger partial charge in [0, 0.05) is 27.7 Å². The molecule has 0 bridgehead atoms. The van der Waals surface area contributed by atoms with Crippen molar-refractivity contribution < 1.29 is 14.3 Å². The fourth-order valence-electron chi connectivity index (χ4n) is 5.57. The number of fused-ring (bicyclic) bond motifs is 1. The Kier molecular flexibility index (Phi) is 8.57. The molecule has 0 fully saturated rings. The van der Waals surface area contributed by atoms with Crippen LogP contribution in [-0.4, -0.2) is 28.8 Å². The van der Waals surface area contributed by atoms with Gasteiger partial charge in [0.15, 0.2) is 4.80 Å². The summed E-state index contributed by atoms with van der Waals surface area (Å²) < 4.78 is 15.5. The molecule has 0 amide bonds. The Morgan fingerprint density at radius 2 is 1.90 bits per heavy atom. The molecule has 0 spiro atoms. The van der Waals surface area contributed by atoms with Crippen LogP contribution in [0, 0.1) is 20.8 Å². The maximum atomic E-state index is 14.2. The average molecular weight is 604 g/mol. The van der Waals surface area contributed by atoms with Crippen molar-refractivity contribution in [2.24, 2.45) is 4.99 Å². The fraction of sp³-hybridized carbons (Fsp3) is 0.303. The lowest BCUT2D eigenvalue weighted by atomic mass is 9.93. The van der Waals surface area contributed by atoms with Crippen LogP contribution in [0.2, 0.25) is 5.02 Å². The minimum Gasteiger partial charge on any atom is -0.496 e. The second-order valence-corrected chi connectivity index (χ2v) is 11.7. The van der Waals surface area contributed by atoms with Crippen molar-refractivity contribution in [2.45, 2.75) is 53.5 Å². The van der Waals surface area contributed by atoms with Crippen LogP contribution < -0.4 is 19.6 Å². The minimum atomic E-state index is -0.808. The van der Waals surface area contributed by atoms with Crippen molar-refractivity contribution in [2.75, 3.05) is 13.7 Å². The largest absolute Gasteiger partial charge is 0.496 e. The van der Waals surface area contributed by atoms with Gasteiger partial charge < -0.3 is 14.0 Å². The molecule has 0 saturated heterocycles. The number of carbonyl (C=O) groups is 1. The Bertz CT molecular complexity index is 1900. The molecule has 1 atom stereocenters. The van der Waals surface area contributed by atoms with Crippen molar-refractivity contribution in [1.29, 1.82) is 0 Å². The van der Waals surface area contributed by atoms with E-state index in [0.717, 1.165) is 29.1 Å². The molecule has 0 saturated carbocycles. The summed E-state index contributed by atoms with van der Waals surface area (Å²) in [6, 6.07) is 14.8. The van der Waals surface area contributed by atoms with Crippen molar-refractivity contribution in [3.8, 4) is 11.4 Å². The first-order valence-corrected chi connectivity index (χ1v) is 15.2. The number of aryl methyl sites for hydroxylation is 2. The molecule has 1 aliphatic heterocycles. The first-order valence-electron chi connectivity index (χ1n) is 14.0. The molecular weight excluding hydrogens is 570 g/mol. The zero-order chi connectivity index (χ0) is 30.1. The van der Waals surface area contributed by atoms with E-state index in [1.54, 1.807) is 36.8 Å². The quantitative estimate of drug-likeness (QED) is 0.233. The van der Waals surface area contributed by atoms with Crippen LogP contribution in [0.25, 0.3) is 11.8 Å². The number of hydrogen-bond acceptors (Lipinski definition) is 6. The van der Waals surface area contributed by atoms with E-state index in [-0.39, 0.29) is 12.2 Å². The van der Waals surface area contributed by atoms with Crippen LogP contribution in [0.4, 0.5) is 0 Å². The molecule has 2 aromatic carbocycles. The van der Waals surface area contributed by atoms with Gasteiger partial charge in [-0.2, -0.15) is 0 Å². The van der Waals surface area contributed by atoms with Crippen LogP contribution >= 0.6 is 22.9 Å². The highest BCUT2D eigenvalue weighted by Crippen LogP contribution is 2.38. The van der Waals surface area contributed by atoms with Crippen LogP contribution in [0.5, 0.6) is 5.75 Å². The summed E-state index contributed by atoms with van der Waals surface area (Å²) in [5, 5.41) is 0.466. The summed E-state index contributed by atoms with van der Waals surface area (Å²) in [6.07, 6.45) is 3.23. The minimum absolute atomic E-state index is 0.197. The number of methoxy groups -OCH3 is 1. The summed E-state index contributed by atoms with van der Waals surface area (Å²) >= 11 is 7.76. The molecule has 4 aromatic rings. The van der Waals surface area contributed by atoms with Crippen LogP contribution in [-0.2, 0) is 9.53 Å². The molecule has 0 N–H and O–H groups in total. The second kappa shape index (κ2) is 12.2. The summed E-state index contributed by atoms with van der Waals surface area (Å²) in [4.78, 5) is 33.1. The molecule has 0 aliphatic carbocycles. The van der Waals surface area contributed by atoms with E-state index in [0.29, 0.717) is 43.4 Å². The third kappa shape index (κ3) is 5.37. The van der Waals surface area contributed by atoms with E-state index in [9.17, 15) is 9.59 Å². The SMILES string of the molecule is CCCC1=C(C(=O)OCC)[C@H](c2cc(Cl)ccc2OC)n2c(s/c(=C\c3cc(C)n(-c4cccc(C)c4)c3C)c2=O)=N1. The van der Waals surface area contributed by atoms with E-state index in [1.165, 1.54) is 16.9 Å². The van der Waals surface area contributed by atoms with Gasteiger partial charge in [0.05, 0.1) is 29.5 Å². The normalized spacial score (nSPS) is 15.0. The van der Waals surface area contributed by atoms with E-state index in [4.69, 9.17) is 26.1 Å². The lowest BCUT2D eigenvalue weighted by Gasteiger charge is -2.27. The number of hydrogen-bond donors (Lipinski definition) is 0. The number of benzene rings is 2. The highest BCUT2D eigenvalue weighted by Gasteiger charge is 2.36. The molecule has 5 rings (SSSR count). The third-order valence-corrected chi connectivity index (χ3v) is 8.61. The molecule has 2 aromatic heterocycles. The van der Waals surface area contributed by atoms with Crippen molar-refractivity contribution in [1.82, 2.24) is 9.13 Å². The molecule has 0 unspecified atom stereocenters. The Balaban J connectivity index is 1.77. The Morgan fingerprint density at radius 3 is 2.60 bits per heavy atom. The number of thiazole rings is 1. The monoisotopic (exact) mass is 603 g/mol. The number of aromatic nitrogens is 2. The zero-order valence-corrected chi connectivity index (χ0v) is 26.2. The molecular formula is C33H34ClN3O4S. The molecule has 7 nitrogen and oxygen atoms in total. The van der Waals surface area contributed by atoms with E-state index < -0.39 is 12.0 Å². The molecule has 3 heterocycles. The Hall–Kier alpha value is -3.88. The van der Waals surface area contributed by atoms with Gasteiger partial charge in [-0.15, -0.1) is 0 Å². The Morgan fingerprint density at radius 1 is 1.12 bits per heavy atom. The second-order valence-electron chi connectivity index (χ2n) is 10.3. The summed E-state index contributed by atoms with van der Waals surface area (Å²) in [5.74, 6) is 0.00735. The summed E-state index contributed by atoms with van der Waals surface area (Å²) in [5.41, 5.74) is 6.56. The number of allylic oxidation sites excluding steroid dienone is 1. The van der Waals surface area contributed by atoms with Crippen molar-refractivity contribution in [3.05, 3.63) is 113 Å². The topological polar surface area (TPSA) is 74.8 Å². The predicted octanol–water partition coefficient (Wildman–Crippen LogP) is 5.96. The van der Waals surface area contributed by atoms with Crippen molar-refractivity contribution >= 4 is 35.0 Å². The van der Waals surface area contributed by atoms with E-state index in [1.807, 2.05) is 19.1 Å². The number of nitrogens with zero attached hydrogens (tertiary/aromatic N) is 3. The smallest absolute Gasteiger partial charge is 0.338 e. The number of ether oxygens (including phenoxy) is 2. The third-order valence-electron chi connectivity index (χ3n) is 7.40. The lowest BCUT2D eigenvalue weighted by Crippen LogP contribution is -2.40. The molecule has 42 heavy (non-hydrogen) atoms. The lowest BCUT2D eigenvalue weighted by molar-refractivity contribution is -0.139. The van der Waals surface area contributed by atoms with Gasteiger partial charge in [0.25, 0.3) is 5.56 Å². The molecule has 218 valence electrons. The van der Waals surface area contributed by atoms with Gasteiger partial charge >= 0.3 is 5.97 Å². The number of rotatable bonds is 8. The van der Waals surface area contributed by atoms with Crippen LogP contribution in [0.3, 0.4) is 0 Å². The summed E-state index contributed by atoms with van der Waals surface area (Å²) in [6.45, 7) is 10.2. The highest BCUT2D eigenvalue weighted by atomic mass is 35.5. The zero-order valence-electron chi connectivity index (χ0n) is 24.7. The van der Waals surface area contributed by atoms with Crippen LogP contribution in [0.1, 0.15) is 60.8 Å². The molecule has 0 radical (unpaired) electrons. The van der Waals surface area contributed by atoms with Gasteiger partial charge in [-0.25, -0.2) is 9.79 Å². The Labute approximate surface area is 254 Å². The average Bonchev–Trinajstić information content (AvgIpc) is 3.41. The molecule has 1 aliphatic rings. The van der Waals surface area contributed by atoms with Crippen molar-refractivity contribution in [3.63, 3.8) is 0 Å². The maximum Gasteiger partial charge on any atom is 0.338 e. The standard InChI is InChI=1S/C33H34ClN3O4S/c1-7-10-26-29(32(39)41-8-2)30(25-18-23(34)13-14-27(25)40-6)37-31(38)28(42-33(37)35-26)17-22-16-20(4)36(21(22)5)24-12-9-11-19(3)15-24/h9,11-18,30H,7-8,10H2,1-6H3/b28-17-/t30-/m0/s1. The first-order chi connectivity index (χ1) is 20.2. The van der Waals surface area contributed by atoms with Crippen LogP contribution in [0.15, 0.2) is 69.6 Å². The fourth-order valence-corrected chi connectivity index (χ4v) is 6.76. The van der Waals surface area contributed by atoms with Gasteiger partial charge in [-0.3, -0.25) is 9.36 Å². The van der Waals surface area contributed by atoms with E-state index >= 15 is 0 Å². The maximum absolute atomic E-state index is 14.2. The molecule has 9 heteroatoms. The van der Waals surface area contributed by atoms with Gasteiger partial charge in [0.2, 0.25) is 0 Å². The highest BCUT2D eigenvalue weighted by molar-refractivity contribution is 7.07. The number of esters is 1. The van der Waals surface area contributed by atoms with Gasteiger partial charge in [0.1, 0.15) is 11.8 Å². The van der Waals surface area contributed by atoms with E-state index in [2.05, 4.69) is 49.6 Å². The van der Waals surface area contributed by atoms with Gasteiger partial charge in [-0.1, -0.05) is 48.4 Å². The summed E-state index contributed by atoms with van der Waals surface area (Å²) in [7, 11) is 1.56. The predicted molar refractivity (Wildman–Crippen MR) is 168 cm³/mol.